The van der Waals surface area contributed by atoms with E-state index in [1.807, 2.05) is 0 Å². The molecule has 1 aliphatic heterocycles. The Morgan fingerprint density at radius 3 is 2.79 bits per heavy atom. The fourth-order valence-corrected chi connectivity index (χ4v) is 3.96. The Balaban J connectivity index is 1.79. The zero-order chi connectivity index (χ0) is 24.6. The number of hydrogen-bond donors (Lipinski definition) is 5. The summed E-state index contributed by atoms with van der Waals surface area (Å²) < 4.78 is 52.8. The van der Waals surface area contributed by atoms with Crippen molar-refractivity contribution in [1.29, 1.82) is 0 Å². The van der Waals surface area contributed by atoms with Gasteiger partial charge >= 0.3 is 8.19 Å². The number of nitrogens with two attached hydrogens (primary N) is 2. The van der Waals surface area contributed by atoms with E-state index in [2.05, 4.69) is 26.1 Å². The second-order valence-corrected chi connectivity index (χ2v) is 9.35. The largest absolute Gasteiger partial charge is 0.603 e. The highest BCUT2D eigenvalue weighted by Crippen LogP contribution is 2.71. The fraction of sp³-hybridized carbons (Fsp3) is 0.412. The number of carbonyl (C=O) groups excluding carboxylic acids is 2. The van der Waals surface area contributed by atoms with Crippen LogP contribution >= 0.6 is 19.5 Å². The molecule has 0 fully saturated rings. The van der Waals surface area contributed by atoms with E-state index in [1.165, 1.54) is 7.05 Å². The number of nitrogens with zero attached hydrogens (tertiary/aromatic N) is 3. The third-order valence-corrected chi connectivity index (χ3v) is 6.06. The van der Waals surface area contributed by atoms with Crippen molar-refractivity contribution in [3.05, 3.63) is 45.1 Å². The predicted molar refractivity (Wildman–Crippen MR) is 117 cm³/mol. The van der Waals surface area contributed by atoms with Crippen LogP contribution in [0.3, 0.4) is 0 Å². The van der Waals surface area contributed by atoms with Crippen LogP contribution in [0.25, 0.3) is 0 Å². The Hall–Kier alpha value is -2.77. The fourth-order valence-electron chi connectivity index (χ4n) is 2.59. The smallest absolute Gasteiger partial charge is 0.393 e. The first-order valence-corrected chi connectivity index (χ1v) is 11.8. The molecule has 0 bridgehead atoms. The van der Waals surface area contributed by atoms with Gasteiger partial charge in [-0.25, -0.2) is 10.2 Å². The summed E-state index contributed by atoms with van der Waals surface area (Å²) in [5.74, 6) is 4.55. The van der Waals surface area contributed by atoms with Gasteiger partial charge in [0, 0.05) is 51.5 Å². The lowest BCUT2D eigenvalue weighted by Crippen LogP contribution is -2.37. The Morgan fingerprint density at radius 1 is 1.39 bits per heavy atom. The molecule has 1 aliphatic rings. The van der Waals surface area contributed by atoms with E-state index >= 15 is 0 Å². The predicted octanol–water partition coefficient (Wildman–Crippen LogP) is 1.30. The summed E-state index contributed by atoms with van der Waals surface area (Å²) in [5, 5.41) is 15.7. The summed E-state index contributed by atoms with van der Waals surface area (Å²) in [6.07, 6.45) is 1.83. The van der Waals surface area contributed by atoms with Crippen LogP contribution in [-0.4, -0.2) is 59.9 Å². The summed E-state index contributed by atoms with van der Waals surface area (Å²) in [4.78, 5) is 23.5. The minimum atomic E-state index is -5.67. The molecular weight excluding hydrogens is 487 g/mol. The first-order chi connectivity index (χ1) is 15.5. The molecule has 33 heavy (non-hydrogen) atoms. The van der Waals surface area contributed by atoms with Crippen LogP contribution in [0.2, 0.25) is 0 Å². The Morgan fingerprint density at radius 2 is 2.12 bits per heavy atom. The van der Waals surface area contributed by atoms with E-state index in [-0.39, 0.29) is 49.1 Å². The number of dihydropyridines is 1. The molecule has 1 unspecified atom stereocenters. The van der Waals surface area contributed by atoms with E-state index in [1.54, 1.807) is 0 Å². The van der Waals surface area contributed by atoms with Gasteiger partial charge in [-0.05, 0) is 18.1 Å². The number of hydrazine groups is 1. The number of aryl methyl sites for hydroxylation is 1. The average Bonchev–Trinajstić information content (AvgIpc) is 3.24. The van der Waals surface area contributed by atoms with Gasteiger partial charge in [-0.3, -0.25) is 9.59 Å². The van der Waals surface area contributed by atoms with Gasteiger partial charge in [0.05, 0.1) is 6.54 Å². The van der Waals surface area contributed by atoms with E-state index < -0.39 is 25.6 Å². The molecule has 2 heterocycles. The molecule has 0 aromatic carbocycles. The van der Waals surface area contributed by atoms with Gasteiger partial charge in [-0.15, -0.1) is 10.2 Å². The van der Waals surface area contributed by atoms with Crippen molar-refractivity contribution in [2.24, 2.45) is 11.6 Å². The first kappa shape index (κ1) is 26.5. The maximum atomic E-state index is 14.2. The first-order valence-electron chi connectivity index (χ1n) is 9.56. The van der Waals surface area contributed by atoms with E-state index in [9.17, 15) is 26.6 Å². The SMILES string of the molecule is CNC(=O)c1nnc(CCC(F)CN(N)/C=C(\N)C(=O)NCC2=CC([P+](F)(F)F)=CNC2)s1. The quantitative estimate of drug-likeness (QED) is 0.0981. The summed E-state index contributed by atoms with van der Waals surface area (Å²) in [6.45, 7) is -0.263. The minimum Gasteiger partial charge on any atom is -0.393 e. The second kappa shape index (κ2) is 11.9. The summed E-state index contributed by atoms with van der Waals surface area (Å²) >= 11 is 1.06. The molecule has 0 saturated carbocycles. The molecule has 2 amide bonds. The van der Waals surface area contributed by atoms with Crippen molar-refractivity contribution < 1.29 is 26.6 Å². The lowest BCUT2D eigenvalue weighted by atomic mass is 10.2. The number of halogens is 4. The van der Waals surface area contributed by atoms with Gasteiger partial charge in [0.2, 0.25) is 10.3 Å². The second-order valence-electron chi connectivity index (χ2n) is 6.88. The highest BCUT2D eigenvalue weighted by Gasteiger charge is 2.49. The number of hydrogen-bond acceptors (Lipinski definition) is 9. The third kappa shape index (κ3) is 8.59. The van der Waals surface area contributed by atoms with E-state index in [4.69, 9.17) is 11.6 Å². The normalized spacial score (nSPS) is 15.2. The average molecular weight is 511 g/mol. The molecule has 0 aliphatic carbocycles. The Bertz CT molecular complexity index is 950. The van der Waals surface area contributed by atoms with Gasteiger partial charge in [0.1, 0.15) is 16.9 Å². The van der Waals surface area contributed by atoms with Gasteiger partial charge < -0.3 is 26.7 Å². The van der Waals surface area contributed by atoms with E-state index in [0.29, 0.717) is 10.6 Å². The van der Waals surface area contributed by atoms with Crippen molar-refractivity contribution in [1.82, 2.24) is 31.2 Å². The van der Waals surface area contributed by atoms with Crippen LogP contribution in [0.15, 0.2) is 35.1 Å². The number of rotatable bonds is 11. The van der Waals surface area contributed by atoms with Crippen molar-refractivity contribution >= 4 is 31.3 Å². The van der Waals surface area contributed by atoms with Crippen LogP contribution in [0.5, 0.6) is 0 Å². The van der Waals surface area contributed by atoms with Crippen molar-refractivity contribution in [2.45, 2.75) is 19.0 Å². The molecule has 1 aromatic rings. The van der Waals surface area contributed by atoms with Crippen LogP contribution in [0.4, 0.5) is 17.0 Å². The number of aromatic nitrogens is 2. The Kier molecular flexibility index (Phi) is 9.56. The molecule has 2 rings (SSSR count). The summed E-state index contributed by atoms with van der Waals surface area (Å²) in [5.41, 5.74) is 5.65. The molecule has 10 nitrogen and oxygen atoms in total. The monoisotopic (exact) mass is 511 g/mol. The lowest BCUT2D eigenvalue weighted by Gasteiger charge is -2.18. The number of allylic oxidation sites excluding steroid dienone is 2. The molecule has 1 atom stereocenters. The highest BCUT2D eigenvalue weighted by molar-refractivity contribution is 7.65. The van der Waals surface area contributed by atoms with Gasteiger partial charge in [-0.2, -0.15) is 0 Å². The number of carbonyl (C=O) groups is 2. The molecule has 0 saturated heterocycles. The maximum absolute atomic E-state index is 14.2. The Labute approximate surface area is 191 Å². The molecule has 7 N–H and O–H groups in total. The zero-order valence-electron chi connectivity index (χ0n) is 17.5. The summed E-state index contributed by atoms with van der Waals surface area (Å²) in [6, 6.07) is 0. The number of amides is 2. The summed E-state index contributed by atoms with van der Waals surface area (Å²) in [7, 11) is -4.21. The van der Waals surface area contributed by atoms with Crippen molar-refractivity contribution in [3.8, 4) is 0 Å². The molecule has 16 heteroatoms. The van der Waals surface area contributed by atoms with Gasteiger partial charge in [0.15, 0.2) is 0 Å². The molecule has 1 aromatic heterocycles. The maximum Gasteiger partial charge on any atom is 0.603 e. The number of alkyl halides is 1. The standard InChI is InChI=1S/C17H23F4N8O2PS/c1-24-16(31)17-28-27-14(33-17)3-2-11(18)8-29(23)9-13(22)15(30)26-6-10-4-12(7-25-5-10)32(19,20)21/h4,7,9,11,25H,2-3,5-6,8,22-23H2,1H3,(H-,24,26,30,31)/p+1/b13-9-. The van der Waals surface area contributed by atoms with Crippen LogP contribution in [0.1, 0.15) is 21.2 Å². The lowest BCUT2D eigenvalue weighted by molar-refractivity contribution is -0.117. The minimum absolute atomic E-state index is 0.0505. The van der Waals surface area contributed by atoms with Crippen molar-refractivity contribution in [2.75, 3.05) is 26.7 Å². The van der Waals surface area contributed by atoms with Crippen LogP contribution in [0, 0.1) is 0 Å². The topological polar surface area (TPSA) is 151 Å². The third-order valence-electron chi connectivity index (χ3n) is 4.24. The molecular formula is C17H24F4N8O2PS+. The molecule has 182 valence electrons. The van der Waals surface area contributed by atoms with Crippen LogP contribution < -0.4 is 27.5 Å². The van der Waals surface area contributed by atoms with E-state index in [0.717, 1.165) is 34.8 Å². The number of nitrogens with one attached hydrogen (secondary N) is 3. The van der Waals surface area contributed by atoms with Gasteiger partial charge in [0.25, 0.3) is 11.8 Å². The molecule has 0 spiro atoms. The zero-order valence-corrected chi connectivity index (χ0v) is 19.2. The van der Waals surface area contributed by atoms with Crippen molar-refractivity contribution in [3.63, 3.8) is 0 Å². The van der Waals surface area contributed by atoms with Crippen LogP contribution in [-0.2, 0) is 11.2 Å². The highest BCUT2D eigenvalue weighted by atomic mass is 32.1. The molecule has 0 radical (unpaired) electrons. The van der Waals surface area contributed by atoms with Gasteiger partial charge in [-0.1, -0.05) is 11.3 Å².